The third-order valence-corrected chi connectivity index (χ3v) is 8.62. The lowest BCUT2D eigenvalue weighted by Crippen LogP contribution is -2.51. The van der Waals surface area contributed by atoms with E-state index in [0.717, 1.165) is 42.4 Å². The molecule has 1 amide bonds. The summed E-state index contributed by atoms with van der Waals surface area (Å²) < 4.78 is 5.74. The van der Waals surface area contributed by atoms with Crippen molar-refractivity contribution >= 4 is 59.9 Å². The van der Waals surface area contributed by atoms with E-state index in [2.05, 4.69) is 33.4 Å². The molecule has 1 aromatic heterocycles. The van der Waals surface area contributed by atoms with Gasteiger partial charge in [0.25, 0.3) is 5.91 Å². The van der Waals surface area contributed by atoms with Gasteiger partial charge in [0.05, 0.1) is 15.5 Å². The lowest BCUT2D eigenvalue weighted by atomic mass is 9.73. The third kappa shape index (κ3) is 8.63. The van der Waals surface area contributed by atoms with Crippen molar-refractivity contribution in [1.29, 1.82) is 0 Å². The molecule has 9 nitrogen and oxygen atoms in total. The van der Waals surface area contributed by atoms with E-state index in [1.54, 1.807) is 5.01 Å². The van der Waals surface area contributed by atoms with E-state index in [1.165, 1.54) is 5.56 Å². The molecule has 0 atom stereocenters. The molecule has 5 rings (SSSR count). The summed E-state index contributed by atoms with van der Waals surface area (Å²) in [4.78, 5) is 13.7. The first kappa shape index (κ1) is 39.1. The molecule has 0 radical (unpaired) electrons. The van der Waals surface area contributed by atoms with Gasteiger partial charge in [0.2, 0.25) is 5.89 Å². The van der Waals surface area contributed by atoms with Gasteiger partial charge in [-0.25, -0.2) is 5.01 Å². The highest BCUT2D eigenvalue weighted by atomic mass is 35.5. The first-order chi connectivity index (χ1) is 19.4. The summed E-state index contributed by atoms with van der Waals surface area (Å²) in [6, 6.07) is 23.9. The Hall–Kier alpha value is -2.89. The highest BCUT2D eigenvalue weighted by molar-refractivity contribution is 6.42. The van der Waals surface area contributed by atoms with Crippen LogP contribution in [0.15, 0.2) is 77.2 Å². The van der Waals surface area contributed by atoms with Crippen LogP contribution in [-0.2, 0) is 18.3 Å². The largest absolute Gasteiger partial charge is 0.412 e. The number of carbonyl (C=O) groups is 1. The van der Waals surface area contributed by atoms with Crippen LogP contribution in [-0.4, -0.2) is 57.2 Å². The van der Waals surface area contributed by atoms with Gasteiger partial charge in [-0.1, -0.05) is 82.9 Å². The van der Waals surface area contributed by atoms with Gasteiger partial charge < -0.3 is 21.1 Å². The molecular weight excluding hydrogens is 648 g/mol. The summed E-state index contributed by atoms with van der Waals surface area (Å²) in [7, 11) is 1.85. The molecule has 0 aliphatic carbocycles. The molecule has 44 heavy (non-hydrogen) atoms. The lowest BCUT2D eigenvalue weighted by Gasteiger charge is -2.43. The van der Waals surface area contributed by atoms with Gasteiger partial charge in [0.1, 0.15) is 0 Å². The van der Waals surface area contributed by atoms with E-state index in [0.29, 0.717) is 41.9 Å². The zero-order valence-electron chi connectivity index (χ0n) is 24.3. The molecule has 4 aromatic rings. The summed E-state index contributed by atoms with van der Waals surface area (Å²) in [5.74, 6) is 0.519. The second-order valence-corrected chi connectivity index (χ2v) is 11.1. The Morgan fingerprint density at radius 3 is 2.18 bits per heavy atom. The zero-order chi connectivity index (χ0) is 28.1. The Balaban J connectivity index is 0.00000242. The minimum Gasteiger partial charge on any atom is -0.412 e. The van der Waals surface area contributed by atoms with Crippen LogP contribution in [0.2, 0.25) is 10.0 Å². The maximum absolute atomic E-state index is 13.7. The maximum atomic E-state index is 13.7. The Morgan fingerprint density at radius 1 is 0.909 bits per heavy atom. The van der Waals surface area contributed by atoms with Gasteiger partial charge in [0.15, 0.2) is 0 Å². The molecule has 240 valence electrons. The van der Waals surface area contributed by atoms with E-state index in [9.17, 15) is 4.79 Å². The fraction of sp³-hybridized carbons (Fsp3) is 0.323. The molecule has 0 spiro atoms. The average Bonchev–Trinajstić information content (AvgIpc) is 3.44. The molecular formula is C31H39Cl4N5O4. The van der Waals surface area contributed by atoms with Crippen molar-refractivity contribution in [3.63, 3.8) is 0 Å². The lowest BCUT2D eigenvalue weighted by molar-refractivity contribution is -0.0174. The number of benzene rings is 3. The maximum Gasteiger partial charge on any atom is 0.312 e. The fourth-order valence-corrected chi connectivity index (χ4v) is 5.90. The van der Waals surface area contributed by atoms with Crippen molar-refractivity contribution in [2.75, 3.05) is 25.9 Å². The number of nitrogen functional groups attached to an aromatic ring is 1. The van der Waals surface area contributed by atoms with Gasteiger partial charge in [-0.05, 0) is 73.4 Å². The predicted molar refractivity (Wildman–Crippen MR) is 180 cm³/mol. The summed E-state index contributed by atoms with van der Waals surface area (Å²) in [5.41, 5.74) is 9.42. The number of piperidine rings is 1. The van der Waals surface area contributed by atoms with Crippen LogP contribution in [0.3, 0.4) is 0 Å². The van der Waals surface area contributed by atoms with Gasteiger partial charge in [-0.3, -0.25) is 9.80 Å². The average molecular weight is 687 g/mol. The highest BCUT2D eigenvalue weighted by Gasteiger charge is 2.43. The molecule has 0 unspecified atom stereocenters. The number of hydrogen-bond acceptors (Lipinski definition) is 6. The number of anilines is 1. The fourth-order valence-electron chi connectivity index (χ4n) is 5.58. The Labute approximate surface area is 280 Å². The number of halogens is 4. The van der Waals surface area contributed by atoms with Crippen molar-refractivity contribution in [1.82, 2.24) is 20.2 Å². The van der Waals surface area contributed by atoms with Crippen molar-refractivity contribution in [3.8, 4) is 0 Å². The summed E-state index contributed by atoms with van der Waals surface area (Å²) in [5, 5.41) is 13.2. The number of hydrogen-bond donors (Lipinski definition) is 1. The van der Waals surface area contributed by atoms with Crippen LogP contribution in [0, 0.1) is 0 Å². The number of rotatable bonds is 9. The number of hydrazine groups is 1. The number of amides is 1. The molecule has 1 aliphatic rings. The molecule has 1 saturated heterocycles. The minimum absolute atomic E-state index is 0. The van der Waals surface area contributed by atoms with E-state index in [4.69, 9.17) is 33.4 Å². The predicted octanol–water partition coefficient (Wildman–Crippen LogP) is 5.79. The summed E-state index contributed by atoms with van der Waals surface area (Å²) >= 11 is 12.2. The van der Waals surface area contributed by atoms with Gasteiger partial charge in [0, 0.05) is 25.7 Å². The zero-order valence-corrected chi connectivity index (χ0v) is 27.5. The highest BCUT2D eigenvalue weighted by Crippen LogP contribution is 2.41. The smallest absolute Gasteiger partial charge is 0.312 e. The monoisotopic (exact) mass is 685 g/mol. The van der Waals surface area contributed by atoms with E-state index >= 15 is 0 Å². The molecule has 0 saturated carbocycles. The molecule has 1 aliphatic heterocycles. The first-order valence-electron chi connectivity index (χ1n) is 13.6. The minimum atomic E-state index is -0.446. The molecule has 1 fully saturated rings. The van der Waals surface area contributed by atoms with Gasteiger partial charge >= 0.3 is 6.01 Å². The number of aryl methyl sites for hydroxylation is 2. The third-order valence-electron chi connectivity index (χ3n) is 7.88. The molecule has 13 heteroatoms. The molecule has 2 heterocycles. The SMILES string of the molecule is CN(C(=O)c1ccccc1CCCCc1ccc(Cl)c(Cl)c1)N1CCC(c2ccccc2)(c2nnc(N)o2)CC1.Cl.Cl.O.O. The normalized spacial score (nSPS) is 13.8. The summed E-state index contributed by atoms with van der Waals surface area (Å²) in [6.07, 6.45) is 5.12. The van der Waals surface area contributed by atoms with Gasteiger partial charge in [-0.15, -0.1) is 29.9 Å². The quantitative estimate of drug-likeness (QED) is 0.220. The van der Waals surface area contributed by atoms with E-state index in [-0.39, 0.29) is 47.7 Å². The Kier molecular flexibility index (Phi) is 15.6. The second-order valence-electron chi connectivity index (χ2n) is 10.3. The van der Waals surface area contributed by atoms with E-state index < -0.39 is 5.41 Å². The van der Waals surface area contributed by atoms with Crippen LogP contribution >= 0.6 is 48.0 Å². The first-order valence-corrected chi connectivity index (χ1v) is 14.3. The topological polar surface area (TPSA) is 151 Å². The van der Waals surface area contributed by atoms with Crippen LogP contribution in [0.4, 0.5) is 6.01 Å². The molecule has 0 bridgehead atoms. The summed E-state index contributed by atoms with van der Waals surface area (Å²) in [6.45, 7) is 1.32. The standard InChI is InChI=1S/C31H33Cl2N5O2.2ClH.2H2O/c1-37(38-19-17-31(18-20-38,24-12-3-2-4-13-24)29-35-36-30(34)40-29)28(39)25-14-8-7-11-23(25)10-6-5-9-22-15-16-26(32)27(33)21-22;;;;/h2-4,7-8,11-16,21H,5-6,9-10,17-20H2,1H3,(H2,34,36);2*1H;2*1H2. The number of nitrogens with zero attached hydrogens (tertiary/aromatic N) is 4. The molecule has 6 N–H and O–H groups in total. The number of aromatic nitrogens is 2. The van der Waals surface area contributed by atoms with Gasteiger partial charge in [-0.2, -0.15) is 0 Å². The number of nitrogens with two attached hydrogens (primary N) is 1. The van der Waals surface area contributed by atoms with Crippen LogP contribution in [0.5, 0.6) is 0 Å². The number of carbonyl (C=O) groups excluding carboxylic acids is 1. The van der Waals surface area contributed by atoms with Crippen LogP contribution < -0.4 is 5.73 Å². The Morgan fingerprint density at radius 2 is 1.55 bits per heavy atom. The second kappa shape index (κ2) is 17.6. The van der Waals surface area contributed by atoms with Crippen molar-refractivity contribution in [3.05, 3.63) is 111 Å². The van der Waals surface area contributed by atoms with Crippen molar-refractivity contribution in [2.24, 2.45) is 0 Å². The van der Waals surface area contributed by atoms with E-state index in [1.807, 2.05) is 61.6 Å². The van der Waals surface area contributed by atoms with Crippen LogP contribution in [0.1, 0.15) is 58.6 Å². The van der Waals surface area contributed by atoms with Crippen LogP contribution in [0.25, 0.3) is 0 Å². The van der Waals surface area contributed by atoms with Crippen molar-refractivity contribution in [2.45, 2.75) is 43.9 Å². The molecule has 3 aromatic carbocycles. The Bertz CT molecular complexity index is 1470. The van der Waals surface area contributed by atoms with Crippen molar-refractivity contribution < 1.29 is 20.2 Å². The number of unbranched alkanes of at least 4 members (excludes halogenated alkanes) is 1.